The number of alkyl carbamates (subject to hydrolysis) is 1. The summed E-state index contributed by atoms with van der Waals surface area (Å²) in [7, 11) is 0. The number of hydrogen-bond acceptors (Lipinski definition) is 5. The third kappa shape index (κ3) is 5.58. The summed E-state index contributed by atoms with van der Waals surface area (Å²) in [4.78, 5) is 40.0. The molecule has 1 saturated heterocycles. The highest BCUT2D eigenvalue weighted by atomic mass is 16.5. The number of ether oxygens (including phenoxy) is 2. The number of nitrogens with one attached hydrogen (secondary N) is 1. The van der Waals surface area contributed by atoms with E-state index in [9.17, 15) is 19.5 Å². The van der Waals surface area contributed by atoms with Crippen LogP contribution < -0.4 is 5.32 Å². The van der Waals surface area contributed by atoms with Crippen LogP contribution in [0, 0.1) is 5.92 Å². The summed E-state index contributed by atoms with van der Waals surface area (Å²) in [6.07, 6.45) is -1.06. The lowest BCUT2D eigenvalue weighted by atomic mass is 9.98. The second kappa shape index (κ2) is 11.9. The van der Waals surface area contributed by atoms with E-state index in [4.69, 9.17) is 9.47 Å². The maximum absolute atomic E-state index is 13.7. The van der Waals surface area contributed by atoms with Gasteiger partial charge in [0.2, 0.25) is 5.91 Å². The largest absolute Gasteiger partial charge is 0.481 e. The first-order chi connectivity index (χ1) is 19.3. The number of carboxylic acid groups (broad SMARTS) is 1. The highest BCUT2D eigenvalue weighted by Gasteiger charge is 2.42. The summed E-state index contributed by atoms with van der Waals surface area (Å²) in [6, 6.07) is 24.1. The van der Waals surface area contributed by atoms with Gasteiger partial charge in [-0.25, -0.2) is 4.79 Å². The summed E-state index contributed by atoms with van der Waals surface area (Å²) in [6.45, 7) is 4.12. The first-order valence-corrected chi connectivity index (χ1v) is 13.7. The van der Waals surface area contributed by atoms with Crippen LogP contribution in [0.4, 0.5) is 4.79 Å². The van der Waals surface area contributed by atoms with E-state index < -0.39 is 36.2 Å². The van der Waals surface area contributed by atoms with Gasteiger partial charge in [0.25, 0.3) is 0 Å². The average Bonchev–Trinajstić information content (AvgIpc) is 3.51. The number of amides is 2. The lowest BCUT2D eigenvalue weighted by Gasteiger charge is -2.31. The van der Waals surface area contributed by atoms with E-state index in [0.717, 1.165) is 27.8 Å². The van der Waals surface area contributed by atoms with Gasteiger partial charge in [0.15, 0.2) is 0 Å². The monoisotopic (exact) mass is 542 g/mol. The normalized spacial score (nSPS) is 19.4. The number of carbonyl (C=O) groups excluding carboxylic acids is 2. The van der Waals surface area contributed by atoms with E-state index in [-0.39, 0.29) is 25.0 Å². The van der Waals surface area contributed by atoms with Crippen LogP contribution in [0.25, 0.3) is 11.1 Å². The molecule has 2 N–H and O–H groups in total. The third-order valence-electron chi connectivity index (χ3n) is 8.06. The number of carbonyl (C=O) groups is 3. The third-order valence-corrected chi connectivity index (χ3v) is 8.06. The van der Waals surface area contributed by atoms with Gasteiger partial charge in [0.1, 0.15) is 12.6 Å². The number of likely N-dealkylation sites (tertiary alicyclic amines) is 1. The zero-order chi connectivity index (χ0) is 28.2. The van der Waals surface area contributed by atoms with Crippen molar-refractivity contribution in [1.82, 2.24) is 10.2 Å². The van der Waals surface area contributed by atoms with E-state index in [1.54, 1.807) is 13.8 Å². The highest BCUT2D eigenvalue weighted by molar-refractivity contribution is 5.88. The molecule has 3 aromatic carbocycles. The number of rotatable bonds is 9. The SMILES string of the molecule is CC1C(C(=O)O)CCN1C(=O)[C@H](NC(=O)OCC1c2ccccc2-c2ccccc21)[C@H](C)OCc1ccccc1. The minimum Gasteiger partial charge on any atom is -0.481 e. The smallest absolute Gasteiger partial charge is 0.407 e. The molecule has 8 heteroatoms. The number of nitrogens with zero attached hydrogens (tertiary/aromatic N) is 1. The van der Waals surface area contributed by atoms with E-state index in [0.29, 0.717) is 13.0 Å². The van der Waals surface area contributed by atoms with Crippen molar-refractivity contribution in [1.29, 1.82) is 0 Å². The maximum Gasteiger partial charge on any atom is 0.407 e. The van der Waals surface area contributed by atoms with Gasteiger partial charge < -0.3 is 24.8 Å². The molecule has 8 nitrogen and oxygen atoms in total. The van der Waals surface area contributed by atoms with Crippen molar-refractivity contribution in [3.63, 3.8) is 0 Å². The molecule has 1 fully saturated rings. The maximum atomic E-state index is 13.7. The minimum atomic E-state index is -1.05. The number of fused-ring (bicyclic) bond motifs is 3. The molecule has 4 atom stereocenters. The molecule has 0 aromatic heterocycles. The number of aliphatic carboxylic acids is 1. The quantitative estimate of drug-likeness (QED) is 0.402. The number of carboxylic acids is 1. The van der Waals surface area contributed by atoms with Crippen LogP contribution in [-0.4, -0.2) is 59.3 Å². The molecule has 40 heavy (non-hydrogen) atoms. The van der Waals surface area contributed by atoms with Gasteiger partial charge in [-0.05, 0) is 48.1 Å². The van der Waals surface area contributed by atoms with Crippen molar-refractivity contribution in [2.45, 2.75) is 51.0 Å². The van der Waals surface area contributed by atoms with Gasteiger partial charge in [0.05, 0.1) is 18.6 Å². The molecule has 1 aliphatic heterocycles. The molecule has 2 aliphatic rings. The minimum absolute atomic E-state index is 0.112. The molecule has 0 bridgehead atoms. The number of benzene rings is 3. The van der Waals surface area contributed by atoms with Gasteiger partial charge in [0, 0.05) is 18.5 Å². The number of hydrogen-bond donors (Lipinski definition) is 2. The molecule has 3 aromatic rings. The Bertz CT molecular complexity index is 1330. The fraction of sp³-hybridized carbons (Fsp3) is 0.344. The van der Waals surface area contributed by atoms with Crippen LogP contribution in [0.15, 0.2) is 78.9 Å². The highest BCUT2D eigenvalue weighted by Crippen LogP contribution is 2.44. The Labute approximate surface area is 233 Å². The van der Waals surface area contributed by atoms with Crippen LogP contribution in [0.3, 0.4) is 0 Å². The van der Waals surface area contributed by atoms with Crippen molar-refractivity contribution >= 4 is 18.0 Å². The van der Waals surface area contributed by atoms with Crippen LogP contribution >= 0.6 is 0 Å². The van der Waals surface area contributed by atoms with Gasteiger partial charge >= 0.3 is 12.1 Å². The summed E-state index contributed by atoms with van der Waals surface area (Å²) in [5, 5.41) is 12.3. The lowest BCUT2D eigenvalue weighted by molar-refractivity contribution is -0.144. The molecule has 5 rings (SSSR count). The Kier molecular flexibility index (Phi) is 8.16. The predicted octanol–water partition coefficient (Wildman–Crippen LogP) is 4.82. The summed E-state index contributed by atoms with van der Waals surface area (Å²) in [5.74, 6) is -2.09. The van der Waals surface area contributed by atoms with Gasteiger partial charge in [-0.3, -0.25) is 9.59 Å². The fourth-order valence-electron chi connectivity index (χ4n) is 5.80. The van der Waals surface area contributed by atoms with E-state index in [1.165, 1.54) is 4.90 Å². The first kappa shape index (κ1) is 27.4. The molecule has 1 aliphatic carbocycles. The first-order valence-electron chi connectivity index (χ1n) is 13.7. The summed E-state index contributed by atoms with van der Waals surface area (Å²) < 4.78 is 11.7. The summed E-state index contributed by atoms with van der Waals surface area (Å²) >= 11 is 0. The predicted molar refractivity (Wildman–Crippen MR) is 150 cm³/mol. The second-order valence-corrected chi connectivity index (χ2v) is 10.5. The molecule has 0 saturated carbocycles. The summed E-state index contributed by atoms with van der Waals surface area (Å²) in [5.41, 5.74) is 5.36. The second-order valence-electron chi connectivity index (χ2n) is 10.5. The van der Waals surface area contributed by atoms with E-state index in [1.807, 2.05) is 66.7 Å². The van der Waals surface area contributed by atoms with Gasteiger partial charge in [-0.2, -0.15) is 0 Å². The molecular formula is C32H34N2O6. The average molecular weight is 543 g/mol. The lowest BCUT2D eigenvalue weighted by Crippen LogP contribution is -2.55. The van der Waals surface area contributed by atoms with Crippen molar-refractivity contribution in [2.24, 2.45) is 5.92 Å². The van der Waals surface area contributed by atoms with Gasteiger partial charge in [-0.15, -0.1) is 0 Å². The standard InChI is InChI=1S/C32H34N2O6/c1-20-23(31(36)37)16-17-34(20)30(35)29(21(2)39-18-22-10-4-3-5-11-22)33-32(38)40-19-28-26-14-8-6-12-24(26)25-13-7-9-15-27(25)28/h3-15,20-21,23,28-29H,16-19H2,1-2H3,(H,33,38)(H,36,37)/t20?,21-,23?,29+/m0/s1. The van der Waals surface area contributed by atoms with Crippen LogP contribution in [0.2, 0.25) is 0 Å². The topological polar surface area (TPSA) is 105 Å². The fourth-order valence-corrected chi connectivity index (χ4v) is 5.80. The molecule has 2 amide bonds. The Morgan fingerprint density at radius 1 is 0.950 bits per heavy atom. The Balaban J connectivity index is 1.29. The zero-order valence-electron chi connectivity index (χ0n) is 22.7. The molecule has 1 heterocycles. The molecule has 2 unspecified atom stereocenters. The van der Waals surface area contributed by atoms with Crippen molar-refractivity contribution in [3.8, 4) is 11.1 Å². The zero-order valence-corrected chi connectivity index (χ0v) is 22.7. The van der Waals surface area contributed by atoms with Crippen LogP contribution in [-0.2, 0) is 25.7 Å². The van der Waals surface area contributed by atoms with E-state index >= 15 is 0 Å². The van der Waals surface area contributed by atoms with Crippen molar-refractivity contribution in [3.05, 3.63) is 95.6 Å². The molecular weight excluding hydrogens is 508 g/mol. The molecule has 0 spiro atoms. The Morgan fingerprint density at radius 3 is 2.15 bits per heavy atom. The van der Waals surface area contributed by atoms with Crippen molar-refractivity contribution in [2.75, 3.05) is 13.2 Å². The van der Waals surface area contributed by atoms with Gasteiger partial charge in [-0.1, -0.05) is 78.9 Å². The van der Waals surface area contributed by atoms with Crippen LogP contribution in [0.5, 0.6) is 0 Å². The Morgan fingerprint density at radius 2 is 1.55 bits per heavy atom. The Hall–Kier alpha value is -4.17. The van der Waals surface area contributed by atoms with Crippen LogP contribution in [0.1, 0.15) is 42.9 Å². The van der Waals surface area contributed by atoms with E-state index in [2.05, 4.69) is 17.4 Å². The van der Waals surface area contributed by atoms with Crippen molar-refractivity contribution < 1.29 is 29.0 Å². The molecule has 208 valence electrons. The molecule has 0 radical (unpaired) electrons.